The number of carbonyl (C=O) groups is 2. The lowest BCUT2D eigenvalue weighted by Gasteiger charge is -2.33. The van der Waals surface area contributed by atoms with Crippen LogP contribution in [0.15, 0.2) is 30.3 Å². The Morgan fingerprint density at radius 1 is 1.18 bits per heavy atom. The highest BCUT2D eigenvalue weighted by molar-refractivity contribution is 5.97. The Balaban J connectivity index is 2.34. The average Bonchev–Trinajstić information content (AvgIpc) is 3.02. The summed E-state index contributed by atoms with van der Waals surface area (Å²) in [4.78, 5) is 30.4. The molecule has 0 radical (unpaired) electrons. The Kier molecular flexibility index (Phi) is 6.56. The third kappa shape index (κ3) is 5.59. The zero-order chi connectivity index (χ0) is 21.1. The van der Waals surface area contributed by atoms with E-state index in [1.807, 2.05) is 0 Å². The molecule has 1 fully saturated rings. The van der Waals surface area contributed by atoms with Crippen molar-refractivity contribution in [3.63, 3.8) is 0 Å². The molecule has 7 nitrogen and oxygen atoms in total. The van der Waals surface area contributed by atoms with Gasteiger partial charge >= 0.3 is 12.5 Å². The first kappa shape index (κ1) is 22.0. The van der Waals surface area contributed by atoms with E-state index in [9.17, 15) is 27.9 Å². The summed E-state index contributed by atoms with van der Waals surface area (Å²) in [5, 5.41) is 9.67. The number of rotatable bonds is 4. The maximum atomic E-state index is 12.9. The van der Waals surface area contributed by atoms with Crippen LogP contribution < -0.4 is 5.06 Å². The monoisotopic (exact) mass is 404 g/mol. The number of anilines is 1. The third-order valence-corrected chi connectivity index (χ3v) is 3.99. The van der Waals surface area contributed by atoms with E-state index >= 15 is 0 Å². The fourth-order valence-electron chi connectivity index (χ4n) is 2.92. The van der Waals surface area contributed by atoms with Gasteiger partial charge in [-0.25, -0.2) is 4.79 Å². The van der Waals surface area contributed by atoms with Gasteiger partial charge < -0.3 is 9.84 Å². The van der Waals surface area contributed by atoms with Crippen molar-refractivity contribution in [2.45, 2.75) is 57.7 Å². The topological polar surface area (TPSA) is 79.3 Å². The van der Waals surface area contributed by atoms with Gasteiger partial charge in [0.05, 0.1) is 18.3 Å². The van der Waals surface area contributed by atoms with Crippen LogP contribution in [0.4, 0.5) is 23.7 Å². The molecule has 0 bridgehead atoms. The van der Waals surface area contributed by atoms with Gasteiger partial charge in [0, 0.05) is 0 Å². The lowest BCUT2D eigenvalue weighted by Crippen LogP contribution is -2.53. The predicted octanol–water partition coefficient (Wildman–Crippen LogP) is 3.23. The molecule has 1 aliphatic heterocycles. The number of hydrogen-bond acceptors (Lipinski definition) is 5. The summed E-state index contributed by atoms with van der Waals surface area (Å²) >= 11 is 0. The van der Waals surface area contributed by atoms with Crippen LogP contribution in [0.2, 0.25) is 0 Å². The minimum absolute atomic E-state index is 0.0633. The van der Waals surface area contributed by atoms with Crippen molar-refractivity contribution in [2.24, 2.45) is 0 Å². The molecular formula is C18H23F3N2O5. The smallest absolute Gasteiger partial charge is 0.444 e. The molecule has 1 saturated heterocycles. The van der Waals surface area contributed by atoms with E-state index in [-0.39, 0.29) is 23.6 Å². The van der Waals surface area contributed by atoms with Crippen molar-refractivity contribution in [3.05, 3.63) is 30.3 Å². The van der Waals surface area contributed by atoms with Crippen LogP contribution in [0.1, 0.15) is 33.6 Å². The Morgan fingerprint density at radius 2 is 1.79 bits per heavy atom. The first-order valence-electron chi connectivity index (χ1n) is 8.70. The number of benzene rings is 1. The Bertz CT molecular complexity index is 691. The van der Waals surface area contributed by atoms with Crippen molar-refractivity contribution in [1.29, 1.82) is 0 Å². The number of likely N-dealkylation sites (tertiary alicyclic amines) is 1. The van der Waals surface area contributed by atoms with Crippen LogP contribution in [0.3, 0.4) is 0 Å². The molecule has 0 spiro atoms. The average molecular weight is 404 g/mol. The standard InChI is InChI=1S/C18H23F3N2O5/c1-17(2,3)27-16(26)22-13(11-24)9-10-14(22)15(25)23(28-18(19,20)21)12-7-5-4-6-8-12/h4-8,13-14,24H,9-11H2,1-3H3. The Hall–Kier alpha value is -2.33. The molecule has 2 rings (SSSR count). The van der Waals surface area contributed by atoms with Crippen LogP contribution in [-0.4, -0.2) is 52.7 Å². The van der Waals surface area contributed by atoms with Crippen molar-refractivity contribution < 1.29 is 37.4 Å². The lowest BCUT2D eigenvalue weighted by atomic mass is 10.2. The molecule has 0 aliphatic carbocycles. The van der Waals surface area contributed by atoms with E-state index in [0.717, 1.165) is 4.90 Å². The number of para-hydroxylation sites is 1. The van der Waals surface area contributed by atoms with Gasteiger partial charge in [0.25, 0.3) is 5.91 Å². The van der Waals surface area contributed by atoms with Crippen LogP contribution in [0.5, 0.6) is 0 Å². The summed E-state index contributed by atoms with van der Waals surface area (Å²) < 4.78 is 44.0. The second kappa shape index (κ2) is 8.36. The largest absolute Gasteiger partial charge is 0.544 e. The normalized spacial score (nSPS) is 20.2. The highest BCUT2D eigenvalue weighted by Crippen LogP contribution is 2.31. The van der Waals surface area contributed by atoms with E-state index in [4.69, 9.17) is 4.74 Å². The molecule has 2 unspecified atom stereocenters. The number of hydroxylamine groups is 1. The minimum atomic E-state index is -5.11. The lowest BCUT2D eigenvalue weighted by molar-refractivity contribution is -0.327. The second-order valence-electron chi connectivity index (χ2n) is 7.32. The summed E-state index contributed by atoms with van der Waals surface area (Å²) in [6.07, 6.45) is -5.70. The summed E-state index contributed by atoms with van der Waals surface area (Å²) in [7, 11) is 0. The van der Waals surface area contributed by atoms with Gasteiger partial charge in [0.15, 0.2) is 0 Å². The zero-order valence-corrected chi connectivity index (χ0v) is 15.8. The van der Waals surface area contributed by atoms with Crippen molar-refractivity contribution in [3.8, 4) is 0 Å². The number of halogens is 3. The van der Waals surface area contributed by atoms with Crippen LogP contribution in [-0.2, 0) is 14.4 Å². The van der Waals surface area contributed by atoms with E-state index < -0.39 is 42.7 Å². The number of aliphatic hydroxyl groups excluding tert-OH is 1. The number of hydrogen-bond donors (Lipinski definition) is 1. The van der Waals surface area contributed by atoms with E-state index in [1.165, 1.54) is 24.3 Å². The van der Waals surface area contributed by atoms with Gasteiger partial charge in [-0.2, -0.15) is 9.90 Å². The fourth-order valence-corrected chi connectivity index (χ4v) is 2.92. The summed E-state index contributed by atoms with van der Waals surface area (Å²) in [6, 6.07) is 5.02. The van der Waals surface area contributed by atoms with E-state index in [1.54, 1.807) is 26.8 Å². The van der Waals surface area contributed by atoms with Crippen molar-refractivity contribution >= 4 is 17.7 Å². The Morgan fingerprint density at radius 3 is 2.29 bits per heavy atom. The van der Waals surface area contributed by atoms with Crippen LogP contribution >= 0.6 is 0 Å². The molecule has 1 aromatic carbocycles. The van der Waals surface area contributed by atoms with Crippen molar-refractivity contribution in [2.75, 3.05) is 11.7 Å². The number of aliphatic hydroxyl groups is 1. The Labute approximate surface area is 160 Å². The van der Waals surface area contributed by atoms with Crippen molar-refractivity contribution in [1.82, 2.24) is 4.90 Å². The molecule has 10 heteroatoms. The SMILES string of the molecule is CC(C)(C)OC(=O)N1C(CO)CCC1C(=O)N(OC(F)(F)F)c1ccccc1. The molecule has 1 N–H and O–H groups in total. The van der Waals surface area contributed by atoms with Gasteiger partial charge in [-0.3, -0.25) is 9.69 Å². The molecule has 28 heavy (non-hydrogen) atoms. The van der Waals surface area contributed by atoms with Gasteiger partial charge in [-0.1, -0.05) is 18.2 Å². The molecule has 1 aromatic rings. The quantitative estimate of drug-likeness (QED) is 0.780. The number of alkyl halides is 3. The molecule has 1 heterocycles. The molecule has 156 valence electrons. The minimum Gasteiger partial charge on any atom is -0.444 e. The van der Waals surface area contributed by atoms with Gasteiger partial charge in [-0.05, 0) is 45.7 Å². The maximum absolute atomic E-state index is 12.9. The highest BCUT2D eigenvalue weighted by atomic mass is 19.4. The third-order valence-electron chi connectivity index (χ3n) is 3.99. The molecule has 1 aliphatic rings. The number of amides is 2. The van der Waals surface area contributed by atoms with E-state index in [0.29, 0.717) is 0 Å². The zero-order valence-electron chi connectivity index (χ0n) is 15.8. The second-order valence-corrected chi connectivity index (χ2v) is 7.32. The first-order valence-corrected chi connectivity index (χ1v) is 8.70. The van der Waals surface area contributed by atoms with Crippen LogP contribution in [0.25, 0.3) is 0 Å². The van der Waals surface area contributed by atoms with Gasteiger partial charge in [0.2, 0.25) is 0 Å². The van der Waals surface area contributed by atoms with E-state index in [2.05, 4.69) is 4.84 Å². The molecule has 2 atom stereocenters. The van der Waals surface area contributed by atoms with Gasteiger partial charge in [-0.15, -0.1) is 13.2 Å². The summed E-state index contributed by atoms with van der Waals surface area (Å²) in [5.41, 5.74) is -1.02. The molecular weight excluding hydrogens is 381 g/mol. The summed E-state index contributed by atoms with van der Waals surface area (Å²) in [6.45, 7) is 4.41. The fraction of sp³-hybridized carbons (Fsp3) is 0.556. The van der Waals surface area contributed by atoms with Crippen LogP contribution in [0, 0.1) is 0 Å². The molecule has 2 amide bonds. The number of ether oxygens (including phenoxy) is 1. The molecule has 0 aromatic heterocycles. The molecule has 0 saturated carbocycles. The number of carbonyl (C=O) groups excluding carboxylic acids is 2. The first-order chi connectivity index (χ1) is 12.9. The predicted molar refractivity (Wildman–Crippen MR) is 93.0 cm³/mol. The van der Waals surface area contributed by atoms with Gasteiger partial charge in [0.1, 0.15) is 11.6 Å². The summed E-state index contributed by atoms with van der Waals surface area (Å²) in [5.74, 6) is -1.08. The maximum Gasteiger partial charge on any atom is 0.544 e. The number of nitrogens with zero attached hydrogens (tertiary/aromatic N) is 2. The highest BCUT2D eigenvalue weighted by Gasteiger charge is 2.47.